The molecule has 0 aromatic heterocycles. The van der Waals surface area contributed by atoms with E-state index < -0.39 is 53.3 Å². The molecule has 0 spiro atoms. The standard InChI is InChI=1S/C31H34F8O3/c1-17-2-4-18(5-3-17)21-15-40-29(41-16-21)20-8-11-24(25(32)12-20)19-6-9-22(10-7-19)31(38,39)42-23-13-26(33)28(27(34)14-23)30(35,36)37/h8,11-14,17-19,21-22,29H,2-7,9-10,15-16H2,1H3. The molecule has 3 nitrogen and oxygen atoms in total. The predicted molar refractivity (Wildman–Crippen MR) is 137 cm³/mol. The maximum Gasteiger partial charge on any atom is 0.422 e. The van der Waals surface area contributed by atoms with Crippen LogP contribution in [0, 0.1) is 41.1 Å². The molecule has 0 amide bonds. The molecule has 11 heteroatoms. The van der Waals surface area contributed by atoms with Crippen molar-refractivity contribution in [1.29, 1.82) is 0 Å². The number of halogens is 8. The smallest absolute Gasteiger partial charge is 0.422 e. The molecule has 3 aliphatic rings. The lowest BCUT2D eigenvalue weighted by Crippen LogP contribution is -2.37. The van der Waals surface area contributed by atoms with Crippen LogP contribution in [0.25, 0.3) is 0 Å². The summed E-state index contributed by atoms with van der Waals surface area (Å²) in [6, 6.07) is 4.90. The van der Waals surface area contributed by atoms with Crippen LogP contribution in [0.1, 0.15) is 87.2 Å². The molecule has 1 aliphatic heterocycles. The lowest BCUT2D eigenvalue weighted by molar-refractivity contribution is -0.222. The fourth-order valence-corrected chi connectivity index (χ4v) is 6.62. The van der Waals surface area contributed by atoms with Gasteiger partial charge in [-0.1, -0.05) is 31.9 Å². The van der Waals surface area contributed by atoms with Crippen molar-refractivity contribution in [1.82, 2.24) is 0 Å². The highest BCUT2D eigenvalue weighted by molar-refractivity contribution is 5.33. The number of hydrogen-bond donors (Lipinski definition) is 0. The molecule has 3 fully saturated rings. The zero-order valence-electron chi connectivity index (χ0n) is 23.2. The summed E-state index contributed by atoms with van der Waals surface area (Å²) in [6.07, 6.45) is -4.89. The Balaban J connectivity index is 1.15. The molecule has 42 heavy (non-hydrogen) atoms. The molecule has 2 aromatic rings. The summed E-state index contributed by atoms with van der Waals surface area (Å²) in [7, 11) is 0. The molecule has 232 valence electrons. The van der Waals surface area contributed by atoms with Gasteiger partial charge in [0.25, 0.3) is 0 Å². The normalized spacial score (nSPS) is 29.4. The molecule has 1 heterocycles. The lowest BCUT2D eigenvalue weighted by Gasteiger charge is -2.37. The minimum atomic E-state index is -5.33. The summed E-state index contributed by atoms with van der Waals surface area (Å²) in [5.41, 5.74) is -1.23. The average Bonchev–Trinajstić information content (AvgIpc) is 2.92. The second-order valence-electron chi connectivity index (χ2n) is 12.0. The van der Waals surface area contributed by atoms with Crippen LogP contribution in [-0.2, 0) is 15.7 Å². The zero-order valence-corrected chi connectivity index (χ0v) is 23.2. The van der Waals surface area contributed by atoms with Gasteiger partial charge < -0.3 is 14.2 Å². The Morgan fingerprint density at radius 3 is 1.86 bits per heavy atom. The van der Waals surface area contributed by atoms with Gasteiger partial charge in [0, 0.05) is 23.6 Å². The fraction of sp³-hybridized carbons (Fsp3) is 0.613. The van der Waals surface area contributed by atoms with Crippen LogP contribution in [0.2, 0.25) is 0 Å². The van der Waals surface area contributed by atoms with Crippen molar-refractivity contribution in [3.05, 3.63) is 64.5 Å². The van der Waals surface area contributed by atoms with Gasteiger partial charge >= 0.3 is 12.3 Å². The molecule has 5 rings (SSSR count). The van der Waals surface area contributed by atoms with E-state index in [1.54, 1.807) is 12.1 Å². The zero-order chi connectivity index (χ0) is 30.2. The van der Waals surface area contributed by atoms with Gasteiger partial charge in [-0.2, -0.15) is 22.0 Å². The molecule has 1 saturated heterocycles. The molecule has 2 aromatic carbocycles. The van der Waals surface area contributed by atoms with E-state index in [2.05, 4.69) is 11.7 Å². The topological polar surface area (TPSA) is 27.7 Å². The van der Waals surface area contributed by atoms with Crippen LogP contribution in [0.4, 0.5) is 35.1 Å². The molecule has 0 atom stereocenters. The number of alkyl halides is 5. The summed E-state index contributed by atoms with van der Waals surface area (Å²) in [5.74, 6) is -5.66. The first-order valence-electron chi connectivity index (χ1n) is 14.5. The van der Waals surface area contributed by atoms with Gasteiger partial charge in [0.2, 0.25) is 0 Å². The summed E-state index contributed by atoms with van der Waals surface area (Å²) in [5, 5.41) is 0. The van der Waals surface area contributed by atoms with Gasteiger partial charge in [0.05, 0.1) is 19.1 Å². The van der Waals surface area contributed by atoms with E-state index in [1.807, 2.05) is 0 Å². The first kappa shape index (κ1) is 31.0. The van der Waals surface area contributed by atoms with Crippen LogP contribution in [0.3, 0.4) is 0 Å². The van der Waals surface area contributed by atoms with Crippen LogP contribution in [-0.4, -0.2) is 19.3 Å². The molecule has 0 bridgehead atoms. The Labute approximate surface area is 239 Å². The average molecular weight is 607 g/mol. The summed E-state index contributed by atoms with van der Waals surface area (Å²) in [4.78, 5) is 0. The van der Waals surface area contributed by atoms with Gasteiger partial charge in [-0.15, -0.1) is 0 Å². The monoisotopic (exact) mass is 606 g/mol. The van der Waals surface area contributed by atoms with Gasteiger partial charge in [-0.25, -0.2) is 13.2 Å². The van der Waals surface area contributed by atoms with E-state index in [0.29, 0.717) is 36.2 Å². The van der Waals surface area contributed by atoms with Crippen molar-refractivity contribution in [3.8, 4) is 5.75 Å². The van der Waals surface area contributed by atoms with Gasteiger partial charge in [-0.3, -0.25) is 0 Å². The van der Waals surface area contributed by atoms with E-state index in [4.69, 9.17) is 9.47 Å². The van der Waals surface area contributed by atoms with Crippen molar-refractivity contribution in [2.75, 3.05) is 13.2 Å². The maximum absolute atomic E-state index is 15.2. The number of benzene rings is 2. The Hall–Kier alpha value is -2.40. The SMILES string of the molecule is CC1CCC(C2COC(c3ccc(C4CCC(C(F)(F)Oc5cc(F)c(C(F)(F)F)c(F)c5)CC4)c(F)c3)OC2)CC1. The van der Waals surface area contributed by atoms with E-state index in [0.717, 1.165) is 5.92 Å². The molecular formula is C31H34F8O3. The summed E-state index contributed by atoms with van der Waals surface area (Å²) in [6.45, 7) is 3.38. The Kier molecular flexibility index (Phi) is 9.09. The highest BCUT2D eigenvalue weighted by atomic mass is 19.4. The third-order valence-corrected chi connectivity index (χ3v) is 9.14. The highest BCUT2D eigenvalue weighted by Crippen LogP contribution is 2.45. The molecule has 0 unspecified atom stereocenters. The Morgan fingerprint density at radius 2 is 1.31 bits per heavy atom. The molecule has 0 radical (unpaired) electrons. The highest BCUT2D eigenvalue weighted by Gasteiger charge is 2.45. The minimum Gasteiger partial charge on any atom is -0.432 e. The lowest BCUT2D eigenvalue weighted by atomic mass is 9.76. The minimum absolute atomic E-state index is 0.0827. The predicted octanol–water partition coefficient (Wildman–Crippen LogP) is 9.56. The second kappa shape index (κ2) is 12.3. The van der Waals surface area contributed by atoms with E-state index in [-0.39, 0.29) is 43.7 Å². The maximum atomic E-state index is 15.2. The van der Waals surface area contributed by atoms with Crippen molar-refractivity contribution in [2.24, 2.45) is 23.7 Å². The summed E-state index contributed by atoms with van der Waals surface area (Å²) >= 11 is 0. The van der Waals surface area contributed by atoms with Crippen molar-refractivity contribution in [3.63, 3.8) is 0 Å². The van der Waals surface area contributed by atoms with Crippen molar-refractivity contribution < 1.29 is 49.3 Å². The molecular weight excluding hydrogens is 572 g/mol. The van der Waals surface area contributed by atoms with E-state index in [1.165, 1.54) is 31.7 Å². The number of ether oxygens (including phenoxy) is 3. The third kappa shape index (κ3) is 6.87. The Morgan fingerprint density at radius 1 is 0.714 bits per heavy atom. The van der Waals surface area contributed by atoms with E-state index in [9.17, 15) is 30.7 Å². The van der Waals surface area contributed by atoms with Gasteiger partial charge in [0.15, 0.2) is 6.29 Å². The van der Waals surface area contributed by atoms with Crippen LogP contribution >= 0.6 is 0 Å². The van der Waals surface area contributed by atoms with E-state index >= 15 is 4.39 Å². The fourth-order valence-electron chi connectivity index (χ4n) is 6.62. The molecule has 2 aliphatic carbocycles. The quantitative estimate of drug-likeness (QED) is 0.307. The van der Waals surface area contributed by atoms with Crippen LogP contribution < -0.4 is 4.74 Å². The van der Waals surface area contributed by atoms with Gasteiger partial charge in [-0.05, 0) is 67.9 Å². The second-order valence-corrected chi connectivity index (χ2v) is 12.0. The van der Waals surface area contributed by atoms with Crippen molar-refractivity contribution >= 4 is 0 Å². The third-order valence-electron chi connectivity index (χ3n) is 9.14. The molecule has 0 N–H and O–H groups in total. The van der Waals surface area contributed by atoms with Crippen molar-refractivity contribution in [2.45, 2.75) is 82.8 Å². The first-order chi connectivity index (χ1) is 19.8. The van der Waals surface area contributed by atoms with Gasteiger partial charge in [0.1, 0.15) is 28.8 Å². The van der Waals surface area contributed by atoms with Crippen LogP contribution in [0.15, 0.2) is 30.3 Å². The first-order valence-corrected chi connectivity index (χ1v) is 14.5. The number of hydrogen-bond acceptors (Lipinski definition) is 3. The summed E-state index contributed by atoms with van der Waals surface area (Å²) < 4.78 is 127. The number of rotatable bonds is 6. The largest absolute Gasteiger partial charge is 0.432 e. The molecule has 2 saturated carbocycles. The van der Waals surface area contributed by atoms with Crippen LogP contribution in [0.5, 0.6) is 5.75 Å². The Bertz CT molecular complexity index is 1200.